The van der Waals surface area contributed by atoms with Gasteiger partial charge in [0.15, 0.2) is 0 Å². The van der Waals surface area contributed by atoms with E-state index in [2.05, 4.69) is 10.7 Å². The number of carbonyl (C=O) groups excluding carboxylic acids is 1. The second-order valence-electron chi connectivity index (χ2n) is 0.368. The Bertz CT molecular complexity index is 46.1. The molecule has 0 atom stereocenters. The normalized spacial score (nSPS) is 5.50. The fraction of sp³-hybridized carbons (Fsp3) is 0. The summed E-state index contributed by atoms with van der Waals surface area (Å²) in [6, 6.07) is 0. The minimum atomic E-state index is -1.72. The molecule has 2 N–H and O–H groups in total. The van der Waals surface area contributed by atoms with Gasteiger partial charge in [-0.25, -0.2) is 5.90 Å². The van der Waals surface area contributed by atoms with Crippen molar-refractivity contribution in [3.63, 3.8) is 0 Å². The van der Waals surface area contributed by atoms with Crippen LogP contribution >= 0.6 is 0 Å². The third kappa shape index (κ3) is 8.85. The molecule has 0 rings (SSSR count). The van der Waals surface area contributed by atoms with Gasteiger partial charge >= 0.3 is 51.4 Å². The van der Waals surface area contributed by atoms with Crippen molar-refractivity contribution >= 4 is 6.16 Å². The number of hydrogen-bond donors (Lipinski definition) is 1. The van der Waals surface area contributed by atoms with Crippen molar-refractivity contribution in [3.8, 4) is 0 Å². The molecule has 0 aliphatic rings. The molecule has 0 bridgehead atoms. The molecule has 0 radical (unpaired) electrons. The Balaban J connectivity index is 0. The molecule has 0 unspecified atom stereocenters. The van der Waals surface area contributed by atoms with Crippen LogP contribution in [0.2, 0.25) is 0 Å². The molecular formula is CH2KNO3. The standard InChI is InChI=1S/CH3NO3.K/c2-5-1(3)4;/h2H2,(H,3,4);/q;+1/p-1. The molecular weight excluding hydrogens is 113 g/mol. The smallest absolute Gasteiger partial charge is 0.472 e. The first-order valence-electron chi connectivity index (χ1n) is 0.848. The van der Waals surface area contributed by atoms with Crippen LogP contribution in [-0.2, 0) is 4.84 Å². The summed E-state index contributed by atoms with van der Waals surface area (Å²) in [6.07, 6.45) is -1.72. The Labute approximate surface area is 77.0 Å². The molecule has 6 heavy (non-hydrogen) atoms. The zero-order valence-electron chi connectivity index (χ0n) is 3.30. The molecule has 0 saturated heterocycles. The van der Waals surface area contributed by atoms with Crippen LogP contribution in [0.5, 0.6) is 0 Å². The second kappa shape index (κ2) is 5.87. The molecule has 0 aliphatic heterocycles. The summed E-state index contributed by atoms with van der Waals surface area (Å²) in [5.41, 5.74) is 0. The van der Waals surface area contributed by atoms with Gasteiger partial charge in [0.2, 0.25) is 0 Å². The van der Waals surface area contributed by atoms with Crippen LogP contribution in [0.15, 0.2) is 0 Å². The maximum Gasteiger partial charge on any atom is 1.00 e. The maximum absolute atomic E-state index is 8.91. The summed E-state index contributed by atoms with van der Waals surface area (Å²) in [5, 5.41) is 8.91. The van der Waals surface area contributed by atoms with Crippen LogP contribution in [0.4, 0.5) is 4.79 Å². The van der Waals surface area contributed by atoms with Gasteiger partial charge in [-0.05, 0) is 0 Å². The Morgan fingerprint density at radius 1 is 1.83 bits per heavy atom. The summed E-state index contributed by atoms with van der Waals surface area (Å²) in [7, 11) is 0. The van der Waals surface area contributed by atoms with Gasteiger partial charge in [-0.2, -0.15) is 0 Å². The Morgan fingerprint density at radius 3 is 2.00 bits per heavy atom. The van der Waals surface area contributed by atoms with Crippen molar-refractivity contribution in [2.75, 3.05) is 0 Å². The number of carbonyl (C=O) groups is 1. The van der Waals surface area contributed by atoms with E-state index < -0.39 is 6.16 Å². The van der Waals surface area contributed by atoms with E-state index in [0.29, 0.717) is 0 Å². The first-order chi connectivity index (χ1) is 2.27. The summed E-state index contributed by atoms with van der Waals surface area (Å²) >= 11 is 0. The third-order valence-corrected chi connectivity index (χ3v) is 0.0962. The molecule has 0 heterocycles. The molecule has 0 aliphatic carbocycles. The predicted octanol–water partition coefficient (Wildman–Crippen LogP) is -4.78. The van der Waals surface area contributed by atoms with E-state index in [1.54, 1.807) is 0 Å². The van der Waals surface area contributed by atoms with E-state index in [0.717, 1.165) is 0 Å². The van der Waals surface area contributed by atoms with E-state index >= 15 is 0 Å². The molecule has 0 aromatic rings. The van der Waals surface area contributed by atoms with Crippen LogP contribution in [0, 0.1) is 0 Å². The van der Waals surface area contributed by atoms with Crippen molar-refractivity contribution < 1.29 is 66.1 Å². The molecule has 30 valence electrons. The van der Waals surface area contributed by atoms with Crippen LogP contribution in [-0.4, -0.2) is 6.16 Å². The first kappa shape index (κ1) is 9.98. The Morgan fingerprint density at radius 2 is 2.00 bits per heavy atom. The van der Waals surface area contributed by atoms with E-state index in [1.165, 1.54) is 0 Å². The Kier molecular flexibility index (Phi) is 9.76. The summed E-state index contributed by atoms with van der Waals surface area (Å²) in [6.45, 7) is 0. The minimum absolute atomic E-state index is 0. The van der Waals surface area contributed by atoms with Crippen LogP contribution in [0.1, 0.15) is 0 Å². The Hall–Kier alpha value is 0.866. The monoisotopic (exact) mass is 115 g/mol. The van der Waals surface area contributed by atoms with Crippen molar-refractivity contribution in [2.24, 2.45) is 5.90 Å². The quantitative estimate of drug-likeness (QED) is 0.254. The zero-order chi connectivity index (χ0) is 4.28. The molecule has 5 heteroatoms. The average molecular weight is 115 g/mol. The topological polar surface area (TPSA) is 75.4 Å². The molecule has 0 saturated carbocycles. The van der Waals surface area contributed by atoms with Crippen molar-refractivity contribution in [1.82, 2.24) is 0 Å². The van der Waals surface area contributed by atoms with Gasteiger partial charge in [0.05, 0.1) is 0 Å². The van der Waals surface area contributed by atoms with Gasteiger partial charge in [0.1, 0.15) is 0 Å². The predicted molar refractivity (Wildman–Crippen MR) is 10.7 cm³/mol. The maximum atomic E-state index is 8.91. The number of hydrogen-bond acceptors (Lipinski definition) is 4. The molecule has 0 fully saturated rings. The fourth-order valence-corrected chi connectivity index (χ4v) is 0. The van der Waals surface area contributed by atoms with E-state index in [4.69, 9.17) is 9.90 Å². The van der Waals surface area contributed by atoms with E-state index in [-0.39, 0.29) is 51.4 Å². The van der Waals surface area contributed by atoms with Gasteiger partial charge in [0, 0.05) is 0 Å². The summed E-state index contributed by atoms with van der Waals surface area (Å²) in [5.74, 6) is 4.01. The summed E-state index contributed by atoms with van der Waals surface area (Å²) in [4.78, 5) is 12.0. The second-order valence-corrected chi connectivity index (χ2v) is 0.368. The van der Waals surface area contributed by atoms with Crippen molar-refractivity contribution in [3.05, 3.63) is 0 Å². The van der Waals surface area contributed by atoms with Crippen molar-refractivity contribution in [2.45, 2.75) is 0 Å². The third-order valence-electron chi connectivity index (χ3n) is 0.0962. The largest absolute Gasteiger partial charge is 1.00 e. The minimum Gasteiger partial charge on any atom is -0.472 e. The molecule has 4 nitrogen and oxygen atoms in total. The van der Waals surface area contributed by atoms with Gasteiger partial charge in [-0.1, -0.05) is 0 Å². The van der Waals surface area contributed by atoms with Gasteiger partial charge < -0.3 is 14.7 Å². The van der Waals surface area contributed by atoms with Gasteiger partial charge in [0.25, 0.3) is 6.16 Å². The fourth-order valence-electron chi connectivity index (χ4n) is 0. The number of rotatable bonds is 0. The van der Waals surface area contributed by atoms with Gasteiger partial charge in [-0.15, -0.1) is 0 Å². The molecule has 0 spiro atoms. The molecule has 0 aromatic carbocycles. The van der Waals surface area contributed by atoms with Crippen LogP contribution in [0.25, 0.3) is 0 Å². The first-order valence-corrected chi connectivity index (χ1v) is 0.848. The molecule has 0 aromatic heterocycles. The summed E-state index contributed by atoms with van der Waals surface area (Å²) < 4.78 is 0. The zero-order valence-corrected chi connectivity index (χ0v) is 6.43. The van der Waals surface area contributed by atoms with Crippen LogP contribution in [0.3, 0.4) is 0 Å². The van der Waals surface area contributed by atoms with E-state index in [9.17, 15) is 0 Å². The van der Waals surface area contributed by atoms with Crippen molar-refractivity contribution in [1.29, 1.82) is 0 Å². The van der Waals surface area contributed by atoms with Gasteiger partial charge in [-0.3, -0.25) is 0 Å². The number of nitrogens with two attached hydrogens (primary N) is 1. The average Bonchev–Trinajstić information content (AvgIpc) is 1.38. The SMILES string of the molecule is NOC(=O)[O-].[K+]. The molecule has 0 amide bonds. The van der Waals surface area contributed by atoms with E-state index in [1.807, 2.05) is 0 Å². The van der Waals surface area contributed by atoms with Crippen LogP contribution < -0.4 is 62.4 Å². The number of carboxylic acid groups (broad SMARTS) is 1.